The van der Waals surface area contributed by atoms with E-state index in [1.807, 2.05) is 11.5 Å². The van der Waals surface area contributed by atoms with Crippen LogP contribution in [0.1, 0.15) is 29.7 Å². The van der Waals surface area contributed by atoms with E-state index < -0.39 is 5.97 Å². The molecule has 2 N–H and O–H groups in total. The third-order valence-electron chi connectivity index (χ3n) is 3.71. The lowest BCUT2D eigenvalue weighted by Gasteiger charge is -2.14. The van der Waals surface area contributed by atoms with E-state index in [1.54, 1.807) is 0 Å². The Morgan fingerprint density at radius 1 is 1.58 bits per heavy atom. The number of rotatable bonds is 4. The average Bonchev–Trinajstić information content (AvgIpc) is 2.94. The van der Waals surface area contributed by atoms with Gasteiger partial charge in [-0.15, -0.1) is 0 Å². The van der Waals surface area contributed by atoms with Crippen LogP contribution in [0.4, 0.5) is 5.82 Å². The summed E-state index contributed by atoms with van der Waals surface area (Å²) in [6.45, 7) is 5.02. The fourth-order valence-corrected chi connectivity index (χ4v) is 2.67. The minimum Gasteiger partial charge on any atom is -0.464 e. The Labute approximate surface area is 113 Å². The summed E-state index contributed by atoms with van der Waals surface area (Å²) in [5.41, 5.74) is 6.30. The van der Waals surface area contributed by atoms with Gasteiger partial charge in [-0.05, 0) is 25.9 Å². The van der Waals surface area contributed by atoms with E-state index in [1.165, 1.54) is 7.11 Å². The number of imidazole rings is 1. The first-order valence-electron chi connectivity index (χ1n) is 6.68. The maximum absolute atomic E-state index is 11.6. The maximum atomic E-state index is 11.6. The largest absolute Gasteiger partial charge is 0.464 e. The van der Waals surface area contributed by atoms with Gasteiger partial charge in [0.2, 0.25) is 0 Å². The molecule has 19 heavy (non-hydrogen) atoms. The Hall–Kier alpha value is -1.56. The molecule has 1 atom stereocenters. The molecule has 0 radical (unpaired) electrons. The molecule has 0 bridgehead atoms. The molecule has 1 aliphatic heterocycles. The van der Waals surface area contributed by atoms with E-state index >= 15 is 0 Å². The Morgan fingerprint density at radius 3 is 2.84 bits per heavy atom. The van der Waals surface area contributed by atoms with Crippen LogP contribution in [-0.2, 0) is 17.7 Å². The summed E-state index contributed by atoms with van der Waals surface area (Å²) < 4.78 is 6.68. The Morgan fingerprint density at radius 2 is 2.32 bits per heavy atom. The molecule has 1 aromatic heterocycles. The van der Waals surface area contributed by atoms with Crippen LogP contribution in [-0.4, -0.2) is 47.7 Å². The third kappa shape index (κ3) is 2.73. The minimum atomic E-state index is -0.463. The SMILES string of the molecule is CCc1nc(C(=O)OC)c(N)n1CC1CCN(C)C1. The number of methoxy groups -OCH3 is 1. The second-order valence-corrected chi connectivity index (χ2v) is 5.13. The van der Waals surface area contributed by atoms with Gasteiger partial charge in [0.15, 0.2) is 5.69 Å². The van der Waals surface area contributed by atoms with Gasteiger partial charge in [-0.1, -0.05) is 6.92 Å². The number of ether oxygens (including phenoxy) is 1. The molecule has 2 rings (SSSR count). The van der Waals surface area contributed by atoms with Crippen molar-refractivity contribution in [1.29, 1.82) is 0 Å². The number of aromatic nitrogens is 2. The van der Waals surface area contributed by atoms with Gasteiger partial charge in [-0.25, -0.2) is 9.78 Å². The number of aryl methyl sites for hydroxylation is 1. The van der Waals surface area contributed by atoms with Crippen molar-refractivity contribution in [3.05, 3.63) is 11.5 Å². The third-order valence-corrected chi connectivity index (χ3v) is 3.71. The number of nitrogens with zero attached hydrogens (tertiary/aromatic N) is 3. The first kappa shape index (κ1) is 13.9. The predicted molar refractivity (Wildman–Crippen MR) is 73.0 cm³/mol. The lowest BCUT2D eigenvalue weighted by Crippen LogP contribution is -2.19. The maximum Gasteiger partial charge on any atom is 0.360 e. The number of nitrogens with two attached hydrogens (primary N) is 1. The fraction of sp³-hybridized carbons (Fsp3) is 0.692. The second-order valence-electron chi connectivity index (χ2n) is 5.13. The smallest absolute Gasteiger partial charge is 0.360 e. The van der Waals surface area contributed by atoms with Gasteiger partial charge >= 0.3 is 5.97 Å². The van der Waals surface area contributed by atoms with Gasteiger partial charge < -0.3 is 19.9 Å². The van der Waals surface area contributed by atoms with Crippen LogP contribution in [0.5, 0.6) is 0 Å². The number of esters is 1. The van der Waals surface area contributed by atoms with E-state index in [-0.39, 0.29) is 5.69 Å². The number of carbonyl (C=O) groups is 1. The number of hydrogen-bond acceptors (Lipinski definition) is 5. The molecular weight excluding hydrogens is 244 g/mol. The van der Waals surface area contributed by atoms with Gasteiger partial charge in [0.1, 0.15) is 11.6 Å². The normalized spacial score (nSPS) is 19.8. The van der Waals surface area contributed by atoms with Crippen molar-refractivity contribution >= 4 is 11.8 Å². The van der Waals surface area contributed by atoms with Gasteiger partial charge in [-0.2, -0.15) is 0 Å². The van der Waals surface area contributed by atoms with E-state index in [0.29, 0.717) is 11.7 Å². The highest BCUT2D eigenvalue weighted by Gasteiger charge is 2.25. The minimum absolute atomic E-state index is 0.241. The number of anilines is 1. The van der Waals surface area contributed by atoms with Crippen LogP contribution in [0.25, 0.3) is 0 Å². The van der Waals surface area contributed by atoms with Gasteiger partial charge in [0.05, 0.1) is 7.11 Å². The zero-order valence-corrected chi connectivity index (χ0v) is 11.8. The van der Waals surface area contributed by atoms with Crippen LogP contribution in [0, 0.1) is 5.92 Å². The number of hydrogen-bond donors (Lipinski definition) is 1. The van der Waals surface area contributed by atoms with Crippen molar-refractivity contribution in [2.45, 2.75) is 26.3 Å². The summed E-state index contributed by atoms with van der Waals surface area (Å²) in [5.74, 6) is 1.39. The molecule has 6 heteroatoms. The predicted octanol–water partition coefficient (Wildman–Crippen LogP) is 0.766. The Bertz CT molecular complexity index is 469. The van der Waals surface area contributed by atoms with Crippen LogP contribution < -0.4 is 5.73 Å². The molecule has 0 saturated carbocycles. The monoisotopic (exact) mass is 266 g/mol. The van der Waals surface area contributed by atoms with Crippen LogP contribution in [0.15, 0.2) is 0 Å². The summed E-state index contributed by atoms with van der Waals surface area (Å²) in [6.07, 6.45) is 1.91. The highest BCUT2D eigenvalue weighted by atomic mass is 16.5. The van der Waals surface area contributed by atoms with Crippen molar-refractivity contribution < 1.29 is 9.53 Å². The van der Waals surface area contributed by atoms with Gasteiger partial charge in [0, 0.05) is 19.5 Å². The lowest BCUT2D eigenvalue weighted by atomic mass is 10.1. The highest BCUT2D eigenvalue weighted by molar-refractivity contribution is 5.92. The molecule has 1 unspecified atom stereocenters. The van der Waals surface area contributed by atoms with E-state index in [9.17, 15) is 4.79 Å². The molecule has 0 amide bonds. The van der Waals surface area contributed by atoms with Crippen LogP contribution >= 0.6 is 0 Å². The zero-order chi connectivity index (χ0) is 14.0. The molecule has 1 fully saturated rings. The van der Waals surface area contributed by atoms with Crippen molar-refractivity contribution in [3.63, 3.8) is 0 Å². The van der Waals surface area contributed by atoms with Crippen LogP contribution in [0.3, 0.4) is 0 Å². The summed E-state index contributed by atoms with van der Waals surface area (Å²) in [6, 6.07) is 0. The number of likely N-dealkylation sites (tertiary alicyclic amines) is 1. The first-order valence-corrected chi connectivity index (χ1v) is 6.68. The lowest BCUT2D eigenvalue weighted by molar-refractivity contribution is 0.0595. The average molecular weight is 266 g/mol. The number of carbonyl (C=O) groups excluding carboxylic acids is 1. The fourth-order valence-electron chi connectivity index (χ4n) is 2.67. The molecule has 0 spiro atoms. The summed E-state index contributed by atoms with van der Waals surface area (Å²) in [5, 5.41) is 0. The molecule has 0 aromatic carbocycles. The topological polar surface area (TPSA) is 73.4 Å². The Balaban J connectivity index is 2.23. The molecule has 106 valence electrons. The van der Waals surface area contributed by atoms with E-state index in [2.05, 4.69) is 16.9 Å². The number of nitrogen functional groups attached to an aromatic ring is 1. The second kappa shape index (κ2) is 5.61. The molecule has 6 nitrogen and oxygen atoms in total. The van der Waals surface area contributed by atoms with Crippen molar-refractivity contribution in [2.24, 2.45) is 5.92 Å². The van der Waals surface area contributed by atoms with E-state index in [0.717, 1.165) is 38.3 Å². The first-order chi connectivity index (χ1) is 9.06. The summed E-state index contributed by atoms with van der Waals surface area (Å²) >= 11 is 0. The molecular formula is C13H22N4O2. The molecule has 2 heterocycles. The quantitative estimate of drug-likeness (QED) is 0.815. The highest BCUT2D eigenvalue weighted by Crippen LogP contribution is 2.22. The van der Waals surface area contributed by atoms with Crippen molar-refractivity contribution in [3.8, 4) is 0 Å². The zero-order valence-electron chi connectivity index (χ0n) is 11.8. The van der Waals surface area contributed by atoms with Crippen LogP contribution in [0.2, 0.25) is 0 Å². The van der Waals surface area contributed by atoms with Crippen molar-refractivity contribution in [1.82, 2.24) is 14.5 Å². The van der Waals surface area contributed by atoms with Crippen molar-refractivity contribution in [2.75, 3.05) is 33.0 Å². The molecule has 0 aliphatic carbocycles. The van der Waals surface area contributed by atoms with Gasteiger partial charge in [0.25, 0.3) is 0 Å². The molecule has 1 saturated heterocycles. The summed E-state index contributed by atoms with van der Waals surface area (Å²) in [7, 11) is 3.47. The van der Waals surface area contributed by atoms with E-state index in [4.69, 9.17) is 10.5 Å². The Kier molecular flexibility index (Phi) is 4.09. The molecule has 1 aromatic rings. The molecule has 1 aliphatic rings. The summed E-state index contributed by atoms with van der Waals surface area (Å²) in [4.78, 5) is 18.2. The van der Waals surface area contributed by atoms with Gasteiger partial charge in [-0.3, -0.25) is 0 Å². The standard InChI is InChI=1S/C13H22N4O2/c1-4-10-15-11(13(18)19-3)12(14)17(10)8-9-5-6-16(2)7-9/h9H,4-8,14H2,1-3H3.